The molecular formula is C25H27N3OS. The zero-order valence-electron chi connectivity index (χ0n) is 17.2. The van der Waals surface area contributed by atoms with Crippen molar-refractivity contribution in [2.24, 2.45) is 0 Å². The zero-order chi connectivity index (χ0) is 20.3. The van der Waals surface area contributed by atoms with Crippen molar-refractivity contribution >= 4 is 33.0 Å². The summed E-state index contributed by atoms with van der Waals surface area (Å²) in [6, 6.07) is 18.9. The molecule has 154 valence electrons. The highest BCUT2D eigenvalue weighted by Crippen LogP contribution is 2.33. The van der Waals surface area contributed by atoms with Crippen molar-refractivity contribution in [3.63, 3.8) is 0 Å². The first-order valence-electron chi connectivity index (χ1n) is 10.9. The van der Waals surface area contributed by atoms with E-state index in [0.717, 1.165) is 51.0 Å². The summed E-state index contributed by atoms with van der Waals surface area (Å²) in [5.41, 5.74) is 3.73. The summed E-state index contributed by atoms with van der Waals surface area (Å²) in [7, 11) is 0. The van der Waals surface area contributed by atoms with Gasteiger partial charge in [0.2, 0.25) is 5.91 Å². The van der Waals surface area contributed by atoms with Gasteiger partial charge < -0.3 is 4.90 Å². The number of benzene rings is 2. The molecule has 1 saturated heterocycles. The van der Waals surface area contributed by atoms with E-state index in [2.05, 4.69) is 53.4 Å². The molecule has 2 aliphatic rings. The van der Waals surface area contributed by atoms with Gasteiger partial charge in [-0.15, -0.1) is 11.3 Å². The van der Waals surface area contributed by atoms with E-state index in [1.807, 2.05) is 28.4 Å². The summed E-state index contributed by atoms with van der Waals surface area (Å²) >= 11 is 1.81. The molecule has 0 aliphatic carbocycles. The van der Waals surface area contributed by atoms with Crippen molar-refractivity contribution in [3.05, 3.63) is 71.2 Å². The van der Waals surface area contributed by atoms with Gasteiger partial charge in [0.15, 0.2) is 0 Å². The largest absolute Gasteiger partial charge is 0.338 e. The highest BCUT2D eigenvalue weighted by molar-refractivity contribution is 7.18. The van der Waals surface area contributed by atoms with Crippen molar-refractivity contribution in [1.29, 1.82) is 0 Å². The molecule has 4 nitrogen and oxygen atoms in total. The molecule has 1 aromatic heterocycles. The number of aromatic nitrogens is 1. The van der Waals surface area contributed by atoms with Crippen LogP contribution in [0.4, 0.5) is 0 Å². The molecule has 0 N–H and O–H groups in total. The first-order chi connectivity index (χ1) is 14.8. The third-order valence-electron chi connectivity index (χ3n) is 6.23. The van der Waals surface area contributed by atoms with E-state index in [-0.39, 0.29) is 5.91 Å². The van der Waals surface area contributed by atoms with Gasteiger partial charge >= 0.3 is 0 Å². The molecule has 2 aliphatic heterocycles. The van der Waals surface area contributed by atoms with Gasteiger partial charge in [0, 0.05) is 25.6 Å². The number of fused-ring (bicyclic) bond motifs is 1. The van der Waals surface area contributed by atoms with Crippen molar-refractivity contribution in [1.82, 2.24) is 14.8 Å². The minimum Gasteiger partial charge on any atom is -0.338 e. The molecule has 0 spiro atoms. The van der Waals surface area contributed by atoms with Crippen LogP contribution in [0.25, 0.3) is 15.8 Å². The van der Waals surface area contributed by atoms with E-state index < -0.39 is 0 Å². The van der Waals surface area contributed by atoms with Gasteiger partial charge in [-0.3, -0.25) is 9.69 Å². The molecule has 3 heterocycles. The quantitative estimate of drug-likeness (QED) is 0.612. The fourth-order valence-corrected chi connectivity index (χ4v) is 5.66. The lowest BCUT2D eigenvalue weighted by molar-refractivity contribution is -0.132. The fraction of sp³-hybridized carbons (Fsp3) is 0.360. The average molecular weight is 418 g/mol. The van der Waals surface area contributed by atoms with Crippen molar-refractivity contribution in [2.75, 3.05) is 32.7 Å². The Kier molecular flexibility index (Phi) is 5.65. The van der Waals surface area contributed by atoms with Gasteiger partial charge in [0.05, 0.1) is 21.8 Å². The minimum atomic E-state index is 0.253. The molecule has 30 heavy (non-hydrogen) atoms. The molecule has 2 aromatic carbocycles. The lowest BCUT2D eigenvalue weighted by Gasteiger charge is -2.34. The molecule has 5 rings (SSSR count). The van der Waals surface area contributed by atoms with E-state index in [9.17, 15) is 4.79 Å². The number of carbonyl (C=O) groups excluding carboxylic acids is 1. The second-order valence-corrected chi connectivity index (χ2v) is 9.34. The van der Waals surface area contributed by atoms with E-state index >= 15 is 0 Å². The minimum absolute atomic E-state index is 0.253. The monoisotopic (exact) mass is 417 g/mol. The van der Waals surface area contributed by atoms with E-state index in [1.54, 1.807) is 0 Å². The summed E-state index contributed by atoms with van der Waals surface area (Å²) in [6.45, 7) is 4.00. The predicted octanol–water partition coefficient (Wildman–Crippen LogP) is 4.79. The molecule has 5 heteroatoms. The van der Waals surface area contributed by atoms with Crippen LogP contribution in [0.1, 0.15) is 35.8 Å². The lowest BCUT2D eigenvalue weighted by atomic mass is 9.98. The molecular weight excluding hydrogens is 390 g/mol. The van der Waals surface area contributed by atoms with Gasteiger partial charge in [-0.1, -0.05) is 48.5 Å². The number of carbonyl (C=O) groups is 1. The van der Waals surface area contributed by atoms with Crippen LogP contribution < -0.4 is 0 Å². The summed E-state index contributed by atoms with van der Waals surface area (Å²) in [5, 5.41) is 1.22. The predicted molar refractivity (Wildman–Crippen MR) is 124 cm³/mol. The molecule has 0 bridgehead atoms. The maximum absolute atomic E-state index is 12.9. The molecule has 1 atom stereocenters. The number of thiazole rings is 1. The lowest BCUT2D eigenvalue weighted by Crippen LogP contribution is -2.45. The van der Waals surface area contributed by atoms with Crippen molar-refractivity contribution in [3.8, 4) is 0 Å². The SMILES string of the molecule is O=C(CN1CCCC(c2nc3ccccc3s2)C1)N1CC=C(c2ccccc2)CC1. The standard InChI is InChI=1S/C25H27N3OS/c29-24(28-15-12-20(13-16-28)19-7-2-1-3-8-19)18-27-14-6-9-21(17-27)25-26-22-10-4-5-11-23(22)30-25/h1-5,7-8,10-12,21H,6,9,13-18H2. The zero-order valence-corrected chi connectivity index (χ0v) is 18.0. The number of likely N-dealkylation sites (tertiary alicyclic amines) is 1. The Morgan fingerprint density at radius 1 is 1.07 bits per heavy atom. The highest BCUT2D eigenvalue weighted by Gasteiger charge is 2.27. The average Bonchev–Trinajstić information content (AvgIpc) is 3.24. The first kappa shape index (κ1) is 19.5. The number of amides is 1. The van der Waals surface area contributed by atoms with Crippen LogP contribution in [-0.4, -0.2) is 53.4 Å². The Morgan fingerprint density at radius 2 is 1.90 bits per heavy atom. The molecule has 1 fully saturated rings. The van der Waals surface area contributed by atoms with Gasteiger partial charge in [-0.25, -0.2) is 4.98 Å². The van der Waals surface area contributed by atoms with Gasteiger partial charge in [0.1, 0.15) is 0 Å². The highest BCUT2D eigenvalue weighted by atomic mass is 32.1. The van der Waals surface area contributed by atoms with Crippen molar-refractivity contribution in [2.45, 2.75) is 25.2 Å². The molecule has 1 amide bonds. The van der Waals surface area contributed by atoms with Crippen LogP contribution in [0.15, 0.2) is 60.7 Å². The Balaban J connectivity index is 1.19. The third kappa shape index (κ3) is 4.18. The number of rotatable bonds is 4. The maximum Gasteiger partial charge on any atom is 0.237 e. The van der Waals surface area contributed by atoms with Crippen LogP contribution in [-0.2, 0) is 4.79 Å². The third-order valence-corrected chi connectivity index (χ3v) is 7.43. The Labute approximate surface area is 181 Å². The number of nitrogens with zero attached hydrogens (tertiary/aromatic N) is 3. The van der Waals surface area contributed by atoms with Crippen molar-refractivity contribution < 1.29 is 4.79 Å². The van der Waals surface area contributed by atoms with E-state index in [4.69, 9.17) is 4.98 Å². The molecule has 0 radical (unpaired) electrons. The molecule has 3 aromatic rings. The van der Waals surface area contributed by atoms with Gasteiger partial charge in [-0.2, -0.15) is 0 Å². The smallest absolute Gasteiger partial charge is 0.237 e. The second-order valence-electron chi connectivity index (χ2n) is 8.28. The Hall–Kier alpha value is -2.50. The van der Waals surface area contributed by atoms with Crippen LogP contribution in [0.3, 0.4) is 0 Å². The summed E-state index contributed by atoms with van der Waals surface area (Å²) in [4.78, 5) is 22.1. The fourth-order valence-electron chi connectivity index (χ4n) is 4.57. The number of hydrogen-bond donors (Lipinski definition) is 0. The Morgan fingerprint density at radius 3 is 2.70 bits per heavy atom. The number of piperidine rings is 1. The van der Waals surface area contributed by atoms with Crippen LogP contribution in [0.5, 0.6) is 0 Å². The van der Waals surface area contributed by atoms with Crippen LogP contribution in [0, 0.1) is 0 Å². The molecule has 1 unspecified atom stereocenters. The van der Waals surface area contributed by atoms with Crippen LogP contribution >= 0.6 is 11.3 Å². The van der Waals surface area contributed by atoms with Gasteiger partial charge in [0.25, 0.3) is 0 Å². The Bertz CT molecular complexity index is 1030. The van der Waals surface area contributed by atoms with Crippen LogP contribution in [0.2, 0.25) is 0 Å². The first-order valence-corrected chi connectivity index (χ1v) is 11.7. The summed E-state index contributed by atoms with van der Waals surface area (Å²) in [6.07, 6.45) is 5.45. The number of para-hydroxylation sites is 1. The van der Waals surface area contributed by atoms with Gasteiger partial charge in [-0.05, 0) is 49.1 Å². The van der Waals surface area contributed by atoms with E-state index in [1.165, 1.54) is 20.8 Å². The van der Waals surface area contributed by atoms with E-state index in [0.29, 0.717) is 12.5 Å². The number of hydrogen-bond acceptors (Lipinski definition) is 4. The second kappa shape index (κ2) is 8.70. The normalized spacial score (nSPS) is 20.3. The maximum atomic E-state index is 12.9. The summed E-state index contributed by atoms with van der Waals surface area (Å²) in [5.74, 6) is 0.693. The topological polar surface area (TPSA) is 36.4 Å². The summed E-state index contributed by atoms with van der Waals surface area (Å²) < 4.78 is 1.26. The molecule has 0 saturated carbocycles.